The Hall–Kier alpha value is -1.37. The average molecular weight is 486 g/mol. The molecule has 0 heterocycles. The number of benzene rings is 2. The molecule has 0 spiro atoms. The normalized spacial score (nSPS) is 12.2. The van der Waals surface area contributed by atoms with Crippen LogP contribution < -0.4 is 5.32 Å². The number of hydrogen-bond acceptors (Lipinski definition) is 4. The van der Waals surface area contributed by atoms with Gasteiger partial charge in [-0.15, -0.1) is 0 Å². The number of carbonyl (C=O) groups excluding carboxylic acids is 2. The molecule has 2 rings (SSSR count). The van der Waals surface area contributed by atoms with Crippen molar-refractivity contribution in [2.75, 3.05) is 13.2 Å². The summed E-state index contributed by atoms with van der Waals surface area (Å²) in [4.78, 5) is 24.3. The van der Waals surface area contributed by atoms with Crippen LogP contribution in [-0.2, 0) is 9.47 Å². The Morgan fingerprint density at radius 3 is 2.32 bits per heavy atom. The van der Waals surface area contributed by atoms with Crippen molar-refractivity contribution in [1.82, 2.24) is 5.32 Å². The van der Waals surface area contributed by atoms with Crippen LogP contribution in [0.1, 0.15) is 22.0 Å². The summed E-state index contributed by atoms with van der Waals surface area (Å²) >= 11 is 28.5. The molecule has 5 nitrogen and oxygen atoms in total. The molecule has 0 saturated carbocycles. The van der Waals surface area contributed by atoms with Crippen molar-refractivity contribution in [2.24, 2.45) is 0 Å². The third kappa shape index (κ3) is 7.57. The summed E-state index contributed by atoms with van der Waals surface area (Å²) in [6.45, 7) is -0.501. The van der Waals surface area contributed by atoms with Gasteiger partial charge in [0, 0.05) is 5.02 Å². The first-order valence-corrected chi connectivity index (χ1v) is 9.73. The van der Waals surface area contributed by atoms with Crippen molar-refractivity contribution in [1.29, 1.82) is 0 Å². The lowest BCUT2D eigenvalue weighted by molar-refractivity contribution is 0.0293. The predicted octanol–water partition coefficient (Wildman–Crippen LogP) is 5.99. The van der Waals surface area contributed by atoms with Crippen molar-refractivity contribution >= 4 is 70.1 Å². The Labute approximate surface area is 186 Å². The number of rotatable bonds is 6. The van der Waals surface area contributed by atoms with Gasteiger partial charge < -0.3 is 14.8 Å². The molecule has 0 aliphatic rings. The van der Waals surface area contributed by atoms with E-state index >= 15 is 0 Å². The Morgan fingerprint density at radius 1 is 1.04 bits per heavy atom. The molecule has 0 fully saturated rings. The minimum Gasteiger partial charge on any atom is -0.452 e. The van der Waals surface area contributed by atoms with Crippen LogP contribution in [0.25, 0.3) is 0 Å². The standard InChI is InChI=1S/C18H14Cl5NO4/c19-12-6-7-13(14(20)8-12)16(25)28-15(11-4-2-1-3-5-11)9-24-17(26)27-10-18(21,22)23/h1-8,15H,9-10H2,(H,24,26)/t15-/m0/s1. The van der Waals surface area contributed by atoms with Gasteiger partial charge >= 0.3 is 12.1 Å². The number of nitrogens with one attached hydrogen (secondary N) is 1. The molecule has 0 aliphatic carbocycles. The van der Waals surface area contributed by atoms with Crippen LogP contribution in [0.15, 0.2) is 48.5 Å². The smallest absolute Gasteiger partial charge is 0.407 e. The van der Waals surface area contributed by atoms with E-state index < -0.39 is 28.6 Å². The van der Waals surface area contributed by atoms with E-state index in [4.69, 9.17) is 67.5 Å². The fourth-order valence-electron chi connectivity index (χ4n) is 2.12. The lowest BCUT2D eigenvalue weighted by Crippen LogP contribution is -2.32. The number of carbonyl (C=O) groups is 2. The van der Waals surface area contributed by atoms with Gasteiger partial charge in [0.15, 0.2) is 0 Å². The van der Waals surface area contributed by atoms with E-state index in [-0.39, 0.29) is 17.1 Å². The largest absolute Gasteiger partial charge is 0.452 e. The summed E-state index contributed by atoms with van der Waals surface area (Å²) in [6, 6.07) is 13.3. The summed E-state index contributed by atoms with van der Waals surface area (Å²) in [7, 11) is 0. The molecule has 0 bridgehead atoms. The van der Waals surface area contributed by atoms with Gasteiger partial charge in [-0.05, 0) is 23.8 Å². The molecule has 2 aromatic rings. The summed E-state index contributed by atoms with van der Waals surface area (Å²) in [5.74, 6) is -0.674. The second-order valence-corrected chi connectivity index (χ2v) is 8.86. The molecular weight excluding hydrogens is 471 g/mol. The van der Waals surface area contributed by atoms with E-state index in [0.29, 0.717) is 10.6 Å². The molecule has 1 atom stereocenters. The minimum absolute atomic E-state index is 0.0698. The van der Waals surface area contributed by atoms with Gasteiger partial charge in [0.2, 0.25) is 3.79 Å². The highest BCUT2D eigenvalue weighted by molar-refractivity contribution is 6.67. The number of halogens is 5. The van der Waals surface area contributed by atoms with E-state index in [1.165, 1.54) is 18.2 Å². The second-order valence-electron chi connectivity index (χ2n) is 5.50. The van der Waals surface area contributed by atoms with Gasteiger partial charge in [-0.25, -0.2) is 9.59 Å². The van der Waals surface area contributed by atoms with Crippen LogP contribution in [0, 0.1) is 0 Å². The summed E-state index contributed by atoms with van der Waals surface area (Å²) < 4.78 is 8.59. The molecule has 0 unspecified atom stereocenters. The zero-order chi connectivity index (χ0) is 20.7. The molecule has 10 heteroatoms. The monoisotopic (exact) mass is 483 g/mol. The maximum atomic E-state index is 12.5. The zero-order valence-electron chi connectivity index (χ0n) is 14.1. The van der Waals surface area contributed by atoms with Crippen molar-refractivity contribution in [3.05, 3.63) is 69.7 Å². The number of esters is 1. The minimum atomic E-state index is -1.73. The molecule has 0 aromatic heterocycles. The molecule has 1 amide bonds. The molecule has 0 radical (unpaired) electrons. The average Bonchev–Trinajstić information content (AvgIpc) is 2.63. The fourth-order valence-corrected chi connectivity index (χ4v) is 2.77. The van der Waals surface area contributed by atoms with Gasteiger partial charge in [0.25, 0.3) is 0 Å². The summed E-state index contributed by atoms with van der Waals surface area (Å²) in [5.41, 5.74) is 0.799. The Morgan fingerprint density at radius 2 is 1.71 bits per heavy atom. The zero-order valence-corrected chi connectivity index (χ0v) is 17.9. The van der Waals surface area contributed by atoms with Crippen LogP contribution in [-0.4, -0.2) is 29.0 Å². The first-order valence-electron chi connectivity index (χ1n) is 7.84. The van der Waals surface area contributed by atoms with Crippen LogP contribution in [0.3, 0.4) is 0 Å². The third-order valence-electron chi connectivity index (χ3n) is 3.37. The van der Waals surface area contributed by atoms with Gasteiger partial charge in [-0.3, -0.25) is 0 Å². The molecule has 28 heavy (non-hydrogen) atoms. The van der Waals surface area contributed by atoms with Crippen molar-refractivity contribution in [3.63, 3.8) is 0 Å². The molecule has 150 valence electrons. The van der Waals surface area contributed by atoms with Gasteiger partial charge in [0.1, 0.15) is 12.7 Å². The van der Waals surface area contributed by atoms with Gasteiger partial charge in [-0.2, -0.15) is 0 Å². The number of ether oxygens (including phenoxy) is 2. The van der Waals surface area contributed by atoms with E-state index in [1.54, 1.807) is 30.3 Å². The number of alkyl carbamates (subject to hydrolysis) is 1. The van der Waals surface area contributed by atoms with Gasteiger partial charge in [0.05, 0.1) is 17.1 Å². The van der Waals surface area contributed by atoms with Crippen LogP contribution in [0.2, 0.25) is 10.0 Å². The lowest BCUT2D eigenvalue weighted by atomic mass is 10.1. The molecule has 0 aliphatic heterocycles. The first kappa shape index (κ1) is 22.9. The molecule has 1 N–H and O–H groups in total. The number of hydrogen-bond donors (Lipinski definition) is 1. The summed E-state index contributed by atoms with van der Waals surface area (Å²) in [6.07, 6.45) is -1.63. The van der Waals surface area contributed by atoms with Crippen LogP contribution in [0.5, 0.6) is 0 Å². The lowest BCUT2D eigenvalue weighted by Gasteiger charge is -2.20. The SMILES string of the molecule is O=C(NC[C@H](OC(=O)c1ccc(Cl)cc1Cl)c1ccccc1)OCC(Cl)(Cl)Cl. The van der Waals surface area contributed by atoms with Crippen molar-refractivity contribution in [3.8, 4) is 0 Å². The highest BCUT2D eigenvalue weighted by Crippen LogP contribution is 2.26. The fraction of sp³-hybridized carbons (Fsp3) is 0.222. The highest BCUT2D eigenvalue weighted by Gasteiger charge is 2.24. The van der Waals surface area contributed by atoms with E-state index in [9.17, 15) is 9.59 Å². The van der Waals surface area contributed by atoms with Crippen LogP contribution in [0.4, 0.5) is 4.79 Å². The van der Waals surface area contributed by atoms with Crippen LogP contribution >= 0.6 is 58.0 Å². The summed E-state index contributed by atoms with van der Waals surface area (Å²) in [5, 5.41) is 3.01. The predicted molar refractivity (Wildman–Crippen MR) is 111 cm³/mol. The maximum absolute atomic E-state index is 12.5. The molecule has 2 aromatic carbocycles. The second kappa shape index (κ2) is 10.4. The Balaban J connectivity index is 2.08. The quantitative estimate of drug-likeness (QED) is 0.403. The number of amides is 1. The molecular formula is C18H14Cl5NO4. The van der Waals surface area contributed by atoms with Crippen molar-refractivity contribution in [2.45, 2.75) is 9.90 Å². The Bertz CT molecular complexity index is 826. The van der Waals surface area contributed by atoms with E-state index in [1.807, 2.05) is 0 Å². The molecule has 0 saturated heterocycles. The van der Waals surface area contributed by atoms with Gasteiger partial charge in [-0.1, -0.05) is 88.3 Å². The number of alkyl halides is 3. The maximum Gasteiger partial charge on any atom is 0.407 e. The van der Waals surface area contributed by atoms with E-state index in [2.05, 4.69) is 5.32 Å². The highest BCUT2D eigenvalue weighted by atomic mass is 35.6. The van der Waals surface area contributed by atoms with E-state index in [0.717, 1.165) is 0 Å². The topological polar surface area (TPSA) is 64.6 Å². The first-order chi connectivity index (χ1) is 13.2. The Kier molecular flexibility index (Phi) is 8.53. The van der Waals surface area contributed by atoms with Crippen molar-refractivity contribution < 1.29 is 19.1 Å². The third-order valence-corrected chi connectivity index (χ3v) is 4.25.